The van der Waals surface area contributed by atoms with Gasteiger partial charge in [0.1, 0.15) is 11.5 Å². The molecule has 0 N–H and O–H groups in total. The number of ether oxygens (including phenoxy) is 2. The van der Waals surface area contributed by atoms with Crippen LogP contribution >= 0.6 is 22.7 Å². The van der Waals surface area contributed by atoms with Gasteiger partial charge in [-0.25, -0.2) is 14.4 Å². The van der Waals surface area contributed by atoms with E-state index < -0.39 is 0 Å². The van der Waals surface area contributed by atoms with E-state index in [9.17, 15) is 4.79 Å². The quantitative estimate of drug-likeness (QED) is 0.250. The Morgan fingerprint density at radius 1 is 0.974 bits per heavy atom. The highest BCUT2D eigenvalue weighted by Crippen LogP contribution is 2.34. The molecule has 38 heavy (non-hydrogen) atoms. The van der Waals surface area contributed by atoms with Crippen LogP contribution in [0.1, 0.15) is 17.5 Å². The Morgan fingerprint density at radius 2 is 1.76 bits per heavy atom. The van der Waals surface area contributed by atoms with Crippen molar-refractivity contribution >= 4 is 34.1 Å². The van der Waals surface area contributed by atoms with Crippen LogP contribution in [0.3, 0.4) is 0 Å². The highest BCUT2D eigenvalue weighted by molar-refractivity contribution is 7.12. The van der Waals surface area contributed by atoms with E-state index in [0.29, 0.717) is 22.0 Å². The molecule has 0 saturated carbocycles. The molecule has 5 aromatic rings. The van der Waals surface area contributed by atoms with E-state index in [0.717, 1.165) is 33.2 Å². The number of para-hydroxylation sites is 1. The molecule has 3 heterocycles. The molecule has 0 radical (unpaired) electrons. The van der Waals surface area contributed by atoms with Crippen molar-refractivity contribution in [3.8, 4) is 28.4 Å². The molecular weight excluding hydrogens is 518 g/mol. The molecule has 0 saturated heterocycles. The van der Waals surface area contributed by atoms with Crippen LogP contribution in [-0.2, 0) is 7.05 Å². The summed E-state index contributed by atoms with van der Waals surface area (Å²) in [5, 5.41) is 8.94. The van der Waals surface area contributed by atoms with Crippen LogP contribution < -0.4 is 19.8 Å². The lowest BCUT2D eigenvalue weighted by molar-refractivity contribution is 0.404. The van der Waals surface area contributed by atoms with E-state index >= 15 is 0 Å². The Bertz CT molecular complexity index is 1740. The molecule has 2 aromatic carbocycles. The maximum atomic E-state index is 13.6. The molecule has 0 aliphatic carbocycles. The first-order valence-electron chi connectivity index (χ1n) is 11.8. The molecule has 0 amide bonds. The highest BCUT2D eigenvalue weighted by atomic mass is 32.1. The zero-order valence-corrected chi connectivity index (χ0v) is 23.3. The van der Waals surface area contributed by atoms with E-state index in [4.69, 9.17) is 19.6 Å². The second-order valence-corrected chi connectivity index (χ2v) is 10.3. The van der Waals surface area contributed by atoms with Gasteiger partial charge in [0.2, 0.25) is 4.80 Å². The fourth-order valence-corrected chi connectivity index (χ4v) is 5.63. The molecule has 10 heteroatoms. The van der Waals surface area contributed by atoms with Gasteiger partial charge in [-0.1, -0.05) is 24.3 Å². The van der Waals surface area contributed by atoms with Gasteiger partial charge in [0, 0.05) is 18.0 Å². The fraction of sp³-hybridized carbons (Fsp3) is 0.179. The third kappa shape index (κ3) is 4.64. The van der Waals surface area contributed by atoms with Gasteiger partial charge in [-0.3, -0.25) is 9.48 Å². The van der Waals surface area contributed by atoms with Gasteiger partial charge in [-0.2, -0.15) is 5.10 Å². The summed E-state index contributed by atoms with van der Waals surface area (Å²) >= 11 is 3.02. The number of methoxy groups -OCH3 is 2. The molecule has 0 fully saturated rings. The summed E-state index contributed by atoms with van der Waals surface area (Å²) in [5.41, 5.74) is 4.09. The second kappa shape index (κ2) is 10.7. The van der Waals surface area contributed by atoms with E-state index in [2.05, 4.69) is 0 Å². The molecule has 3 aromatic heterocycles. The summed E-state index contributed by atoms with van der Waals surface area (Å²) in [7, 11) is 5.12. The Kier molecular flexibility index (Phi) is 7.17. The van der Waals surface area contributed by atoms with Crippen LogP contribution in [0.4, 0.5) is 5.69 Å². The van der Waals surface area contributed by atoms with Gasteiger partial charge in [-0.05, 0) is 55.6 Å². The van der Waals surface area contributed by atoms with Gasteiger partial charge in [0.25, 0.3) is 5.56 Å². The molecule has 8 nitrogen and oxygen atoms in total. The average molecular weight is 546 g/mol. The molecule has 0 bridgehead atoms. The Labute approximate surface area is 228 Å². The lowest BCUT2D eigenvalue weighted by Crippen LogP contribution is -2.20. The van der Waals surface area contributed by atoms with Crippen molar-refractivity contribution in [1.82, 2.24) is 14.0 Å². The lowest BCUT2D eigenvalue weighted by atomic mass is 10.1. The van der Waals surface area contributed by atoms with Crippen molar-refractivity contribution in [2.45, 2.75) is 13.8 Å². The van der Waals surface area contributed by atoms with E-state index in [1.807, 2.05) is 97.0 Å². The maximum Gasteiger partial charge on any atom is 0.297 e. The smallest absolute Gasteiger partial charge is 0.297 e. The van der Waals surface area contributed by atoms with Gasteiger partial charge < -0.3 is 9.47 Å². The normalized spacial score (nSPS) is 12.2. The number of thiophene rings is 1. The van der Waals surface area contributed by atoms with Gasteiger partial charge in [0.15, 0.2) is 5.69 Å². The fourth-order valence-electron chi connectivity index (χ4n) is 4.14. The number of hydrogen-bond donors (Lipinski definition) is 0. The predicted octanol–water partition coefficient (Wildman–Crippen LogP) is 5.60. The van der Waals surface area contributed by atoms with Crippen LogP contribution in [0.15, 0.2) is 86.3 Å². The summed E-state index contributed by atoms with van der Waals surface area (Å²) in [6.45, 7) is 3.85. The Hall–Kier alpha value is -4.15. The first-order valence-corrected chi connectivity index (χ1v) is 13.6. The monoisotopic (exact) mass is 545 g/mol. The van der Waals surface area contributed by atoms with E-state index in [-0.39, 0.29) is 5.56 Å². The van der Waals surface area contributed by atoms with Crippen LogP contribution in [0, 0.1) is 6.92 Å². The second-order valence-electron chi connectivity index (χ2n) is 8.47. The first-order chi connectivity index (χ1) is 18.4. The van der Waals surface area contributed by atoms with Crippen LogP contribution in [0.2, 0.25) is 0 Å². The van der Waals surface area contributed by atoms with Crippen molar-refractivity contribution in [2.24, 2.45) is 17.1 Å². The zero-order valence-electron chi connectivity index (χ0n) is 21.7. The van der Waals surface area contributed by atoms with Crippen molar-refractivity contribution in [1.29, 1.82) is 0 Å². The SMILES string of the molecule is COc1ccc(OC)c(-c2csc(=Nc3c(C)n(C)n(-c4ccccc4)c3=O)n2N=C(C)c2cccs2)c1. The van der Waals surface area contributed by atoms with Crippen LogP contribution in [0.25, 0.3) is 16.9 Å². The molecule has 0 aliphatic heterocycles. The van der Waals surface area contributed by atoms with Crippen molar-refractivity contribution in [3.05, 3.63) is 97.2 Å². The van der Waals surface area contributed by atoms with Gasteiger partial charge >= 0.3 is 0 Å². The summed E-state index contributed by atoms with van der Waals surface area (Å²) in [5.74, 6) is 1.37. The van der Waals surface area contributed by atoms with E-state index in [1.165, 1.54) is 11.3 Å². The topological polar surface area (TPSA) is 75.0 Å². The molecule has 0 spiro atoms. The summed E-state index contributed by atoms with van der Waals surface area (Å²) in [6.07, 6.45) is 0. The molecule has 0 atom stereocenters. The van der Waals surface area contributed by atoms with Crippen LogP contribution in [0.5, 0.6) is 11.5 Å². The number of rotatable bonds is 7. The summed E-state index contributed by atoms with van der Waals surface area (Å²) in [4.78, 5) is 20.1. The predicted molar refractivity (Wildman–Crippen MR) is 154 cm³/mol. The third-order valence-corrected chi connectivity index (χ3v) is 8.02. The molecule has 5 rings (SSSR count). The van der Waals surface area contributed by atoms with Gasteiger partial charge in [-0.15, -0.1) is 22.7 Å². The Balaban J connectivity index is 1.77. The zero-order chi connectivity index (χ0) is 26.8. The van der Waals surface area contributed by atoms with Crippen molar-refractivity contribution in [2.75, 3.05) is 14.2 Å². The third-order valence-electron chi connectivity index (χ3n) is 6.23. The van der Waals surface area contributed by atoms with E-state index in [1.54, 1.807) is 34.9 Å². The summed E-state index contributed by atoms with van der Waals surface area (Å²) < 4.78 is 16.4. The van der Waals surface area contributed by atoms with Gasteiger partial charge in [0.05, 0.1) is 41.9 Å². The summed E-state index contributed by atoms with van der Waals surface area (Å²) in [6, 6.07) is 19.2. The number of hydrogen-bond acceptors (Lipinski definition) is 7. The molecule has 0 unspecified atom stereocenters. The maximum absolute atomic E-state index is 13.6. The largest absolute Gasteiger partial charge is 0.497 e. The minimum absolute atomic E-state index is 0.199. The number of nitrogens with zero attached hydrogens (tertiary/aromatic N) is 5. The standard InChI is InChI=1S/C28H27N5O3S2/c1-18(25-12-9-15-37-25)30-32-23(22-16-21(35-4)13-14-24(22)36-5)17-38-28(32)29-26-19(2)31(3)33(27(26)34)20-10-7-6-8-11-20/h6-17H,1-5H3. The van der Waals surface area contributed by atoms with Crippen molar-refractivity contribution < 1.29 is 9.47 Å². The first kappa shape index (κ1) is 25.5. The molecular formula is C28H27N5O3S2. The number of aromatic nitrogens is 3. The van der Waals surface area contributed by atoms with Crippen molar-refractivity contribution in [3.63, 3.8) is 0 Å². The number of thiazole rings is 1. The molecule has 194 valence electrons. The lowest BCUT2D eigenvalue weighted by Gasteiger charge is -2.11. The minimum atomic E-state index is -0.199. The number of benzene rings is 2. The molecule has 0 aliphatic rings. The van der Waals surface area contributed by atoms with Crippen LogP contribution in [-0.4, -0.2) is 34.0 Å². The Morgan fingerprint density at radius 3 is 2.45 bits per heavy atom. The average Bonchev–Trinajstić information content (AvgIpc) is 3.66. The highest BCUT2D eigenvalue weighted by Gasteiger charge is 2.18. The minimum Gasteiger partial charge on any atom is -0.497 e.